The van der Waals surface area contributed by atoms with Crippen molar-refractivity contribution in [1.29, 1.82) is 0 Å². The van der Waals surface area contributed by atoms with Crippen LogP contribution in [0.4, 0.5) is 0 Å². The summed E-state index contributed by atoms with van der Waals surface area (Å²) in [6.45, 7) is 6.51. The van der Waals surface area contributed by atoms with E-state index in [4.69, 9.17) is 4.74 Å². The molecule has 0 unspecified atom stereocenters. The zero-order valence-electron chi connectivity index (χ0n) is 14.8. The van der Waals surface area contributed by atoms with E-state index in [2.05, 4.69) is 26.1 Å². The molecule has 3 heteroatoms. The van der Waals surface area contributed by atoms with E-state index in [0.29, 0.717) is 5.56 Å². The second kappa shape index (κ2) is 5.97. The first-order valence-corrected chi connectivity index (χ1v) is 8.42. The Morgan fingerprint density at radius 2 is 1.58 bits per heavy atom. The smallest absolute Gasteiger partial charge is 0.251 e. The van der Waals surface area contributed by atoms with E-state index in [1.54, 1.807) is 7.11 Å². The van der Waals surface area contributed by atoms with Gasteiger partial charge in [0, 0.05) is 5.56 Å². The van der Waals surface area contributed by atoms with Crippen LogP contribution in [0.2, 0.25) is 0 Å². The summed E-state index contributed by atoms with van der Waals surface area (Å²) in [7, 11) is 1.66. The molecule has 1 aliphatic carbocycles. The van der Waals surface area contributed by atoms with Crippen LogP contribution in [0.25, 0.3) is 0 Å². The zero-order chi connectivity index (χ0) is 17.4. The van der Waals surface area contributed by atoms with Gasteiger partial charge >= 0.3 is 0 Å². The van der Waals surface area contributed by atoms with Crippen molar-refractivity contribution in [3.05, 3.63) is 65.2 Å². The lowest BCUT2D eigenvalue weighted by Crippen LogP contribution is -2.34. The van der Waals surface area contributed by atoms with Crippen LogP contribution < -0.4 is 10.1 Å². The lowest BCUT2D eigenvalue weighted by molar-refractivity contribution is 0.0931. The molecular weight excluding hydrogens is 298 g/mol. The van der Waals surface area contributed by atoms with Gasteiger partial charge in [0.05, 0.1) is 12.6 Å². The van der Waals surface area contributed by atoms with Crippen molar-refractivity contribution in [1.82, 2.24) is 5.32 Å². The molecule has 3 nitrogen and oxygen atoms in total. The minimum absolute atomic E-state index is 0.0104. The minimum Gasteiger partial charge on any atom is -0.497 e. The van der Waals surface area contributed by atoms with Crippen LogP contribution in [-0.2, 0) is 11.0 Å². The highest BCUT2D eigenvalue weighted by atomic mass is 16.5. The fourth-order valence-corrected chi connectivity index (χ4v) is 2.93. The molecule has 0 spiro atoms. The normalized spacial score (nSPS) is 15.7. The van der Waals surface area contributed by atoms with Crippen LogP contribution >= 0.6 is 0 Å². The molecule has 0 saturated heterocycles. The van der Waals surface area contributed by atoms with E-state index in [-0.39, 0.29) is 16.9 Å². The van der Waals surface area contributed by atoms with Gasteiger partial charge in [-0.05, 0) is 53.6 Å². The molecule has 0 heterocycles. The number of benzene rings is 2. The van der Waals surface area contributed by atoms with Gasteiger partial charge in [0.2, 0.25) is 0 Å². The molecule has 0 aliphatic heterocycles. The molecule has 0 atom stereocenters. The molecule has 2 aromatic carbocycles. The van der Waals surface area contributed by atoms with Crippen LogP contribution in [0, 0.1) is 0 Å². The number of carbonyl (C=O) groups is 1. The van der Waals surface area contributed by atoms with Crippen molar-refractivity contribution in [3.63, 3.8) is 0 Å². The van der Waals surface area contributed by atoms with Crippen molar-refractivity contribution < 1.29 is 9.53 Å². The summed E-state index contributed by atoms with van der Waals surface area (Å²) in [5, 5.41) is 3.22. The van der Waals surface area contributed by atoms with Gasteiger partial charge in [0.25, 0.3) is 5.91 Å². The molecule has 1 fully saturated rings. The molecular formula is C21H25NO2. The van der Waals surface area contributed by atoms with Gasteiger partial charge in [-0.3, -0.25) is 4.79 Å². The Morgan fingerprint density at radius 1 is 1.00 bits per heavy atom. The average molecular weight is 323 g/mol. The van der Waals surface area contributed by atoms with Crippen molar-refractivity contribution in [3.8, 4) is 5.75 Å². The van der Waals surface area contributed by atoms with Gasteiger partial charge < -0.3 is 10.1 Å². The van der Waals surface area contributed by atoms with Crippen molar-refractivity contribution in [2.24, 2.45) is 0 Å². The summed E-state index contributed by atoms with van der Waals surface area (Å²) in [6.07, 6.45) is 1.95. The maximum Gasteiger partial charge on any atom is 0.251 e. The highest BCUT2D eigenvalue weighted by Gasteiger charge is 2.45. The Morgan fingerprint density at radius 3 is 2.04 bits per heavy atom. The first kappa shape index (κ1) is 16.6. The average Bonchev–Trinajstić information content (AvgIpc) is 3.35. The third kappa shape index (κ3) is 3.30. The monoisotopic (exact) mass is 323 g/mol. The number of carbonyl (C=O) groups excluding carboxylic acids is 1. The summed E-state index contributed by atoms with van der Waals surface area (Å²) in [4.78, 5) is 12.6. The lowest BCUT2D eigenvalue weighted by Gasteiger charge is -2.20. The summed E-state index contributed by atoms with van der Waals surface area (Å²) < 4.78 is 5.20. The number of hydrogen-bond donors (Lipinski definition) is 1. The molecule has 126 valence electrons. The predicted molar refractivity (Wildman–Crippen MR) is 96.5 cm³/mol. The quantitative estimate of drug-likeness (QED) is 0.905. The maximum atomic E-state index is 12.6. The molecule has 3 rings (SSSR count). The van der Waals surface area contributed by atoms with E-state index < -0.39 is 0 Å². The third-order valence-electron chi connectivity index (χ3n) is 4.76. The van der Waals surface area contributed by atoms with Gasteiger partial charge in [0.1, 0.15) is 5.75 Å². The number of hydrogen-bond acceptors (Lipinski definition) is 2. The predicted octanol–water partition coefficient (Wildman–Crippen LogP) is 4.41. The Bertz CT molecular complexity index is 720. The summed E-state index contributed by atoms with van der Waals surface area (Å²) in [5.41, 5.74) is 2.96. The fraction of sp³-hybridized carbons (Fsp3) is 0.381. The van der Waals surface area contributed by atoms with Crippen molar-refractivity contribution >= 4 is 5.91 Å². The molecule has 1 saturated carbocycles. The Balaban J connectivity index is 1.74. The summed E-state index contributed by atoms with van der Waals surface area (Å²) >= 11 is 0. The second-order valence-electron chi connectivity index (χ2n) is 7.59. The number of methoxy groups -OCH3 is 1. The van der Waals surface area contributed by atoms with E-state index in [1.165, 1.54) is 5.56 Å². The van der Waals surface area contributed by atoms with Crippen LogP contribution in [0.5, 0.6) is 5.75 Å². The molecule has 2 aromatic rings. The number of ether oxygens (including phenoxy) is 1. The minimum atomic E-state index is -0.216. The molecule has 1 amide bonds. The van der Waals surface area contributed by atoms with Gasteiger partial charge in [0.15, 0.2) is 0 Å². The van der Waals surface area contributed by atoms with E-state index in [0.717, 1.165) is 24.2 Å². The van der Waals surface area contributed by atoms with Gasteiger partial charge in [-0.2, -0.15) is 0 Å². The SMILES string of the molecule is COc1ccc(C2(NC(=O)c3ccc(C(C)(C)C)cc3)CC2)cc1. The first-order valence-electron chi connectivity index (χ1n) is 8.42. The third-order valence-corrected chi connectivity index (χ3v) is 4.76. The van der Waals surface area contributed by atoms with Crippen molar-refractivity contribution in [2.45, 2.75) is 44.6 Å². The van der Waals surface area contributed by atoms with Crippen LogP contribution in [0.1, 0.15) is 55.1 Å². The highest BCUT2D eigenvalue weighted by molar-refractivity contribution is 5.95. The fourth-order valence-electron chi connectivity index (χ4n) is 2.93. The molecule has 0 bridgehead atoms. The van der Waals surface area contributed by atoms with Gasteiger partial charge in [-0.1, -0.05) is 45.0 Å². The highest BCUT2D eigenvalue weighted by Crippen LogP contribution is 2.46. The van der Waals surface area contributed by atoms with Crippen LogP contribution in [-0.4, -0.2) is 13.0 Å². The van der Waals surface area contributed by atoms with Gasteiger partial charge in [-0.15, -0.1) is 0 Å². The Kier molecular flexibility index (Phi) is 4.12. The molecule has 0 aromatic heterocycles. The van der Waals surface area contributed by atoms with E-state index in [9.17, 15) is 4.79 Å². The largest absolute Gasteiger partial charge is 0.497 e. The summed E-state index contributed by atoms with van der Waals surface area (Å²) in [5.74, 6) is 0.822. The number of nitrogens with one attached hydrogen (secondary N) is 1. The van der Waals surface area contributed by atoms with E-state index >= 15 is 0 Å². The molecule has 1 N–H and O–H groups in total. The first-order chi connectivity index (χ1) is 11.3. The molecule has 24 heavy (non-hydrogen) atoms. The van der Waals surface area contributed by atoms with Gasteiger partial charge in [-0.25, -0.2) is 0 Å². The second-order valence-corrected chi connectivity index (χ2v) is 7.59. The summed E-state index contributed by atoms with van der Waals surface area (Å²) in [6, 6.07) is 15.9. The molecule has 1 aliphatic rings. The van der Waals surface area contributed by atoms with Crippen LogP contribution in [0.15, 0.2) is 48.5 Å². The molecule has 0 radical (unpaired) electrons. The Labute approximate surface area is 144 Å². The zero-order valence-corrected chi connectivity index (χ0v) is 14.8. The number of amides is 1. The van der Waals surface area contributed by atoms with E-state index in [1.807, 2.05) is 48.5 Å². The number of rotatable bonds is 4. The van der Waals surface area contributed by atoms with Crippen molar-refractivity contribution in [2.75, 3.05) is 7.11 Å². The topological polar surface area (TPSA) is 38.3 Å². The van der Waals surface area contributed by atoms with Crippen LogP contribution in [0.3, 0.4) is 0 Å². The maximum absolute atomic E-state index is 12.6. The lowest BCUT2D eigenvalue weighted by atomic mass is 9.86. The standard InChI is InChI=1S/C21H25NO2/c1-20(2,3)16-7-5-15(6-8-16)19(23)22-21(13-14-21)17-9-11-18(24-4)12-10-17/h5-12H,13-14H2,1-4H3,(H,22,23). The Hall–Kier alpha value is -2.29.